The number of rotatable bonds is 4. The third-order valence-electron chi connectivity index (χ3n) is 4.73. The average Bonchev–Trinajstić information content (AvgIpc) is 3.17. The topological polar surface area (TPSA) is 87.7 Å². The molecule has 0 saturated carbocycles. The largest absolute Gasteiger partial charge is 0.573 e. The number of nitrogens with zero attached hydrogens (tertiary/aromatic N) is 6. The van der Waals surface area contributed by atoms with Crippen LogP contribution in [0, 0.1) is 0 Å². The maximum atomic E-state index is 13.0. The molecule has 0 unspecified atom stereocenters. The number of hydrogen-bond donors (Lipinski definition) is 0. The summed E-state index contributed by atoms with van der Waals surface area (Å²) in [6.07, 6.45) is -4.76. The Morgan fingerprint density at radius 3 is 2.16 bits per heavy atom. The molecule has 160 valence electrons. The molecular weight excluding hydrogens is 425 g/mol. The predicted octanol–water partition coefficient (Wildman–Crippen LogP) is 3.61. The number of halogens is 3. The molecule has 0 aliphatic carbocycles. The van der Waals surface area contributed by atoms with E-state index in [0.717, 1.165) is 4.68 Å². The highest BCUT2D eigenvalue weighted by Gasteiger charge is 2.30. The molecule has 5 rings (SSSR count). The van der Waals surface area contributed by atoms with Crippen molar-refractivity contribution < 1.29 is 17.9 Å². The highest BCUT2D eigenvalue weighted by Crippen LogP contribution is 2.27. The lowest BCUT2D eigenvalue weighted by atomic mass is 10.0. The SMILES string of the molecule is O=c1c2cc(-c3ccc(OC(F)(F)F)cc3)ccc2nnn1Cn1nc2ccccc2n1. The summed E-state index contributed by atoms with van der Waals surface area (Å²) in [4.78, 5) is 14.3. The summed E-state index contributed by atoms with van der Waals surface area (Å²) in [5.74, 6) is -0.325. The molecule has 11 heteroatoms. The normalized spacial score (nSPS) is 11.8. The fourth-order valence-corrected chi connectivity index (χ4v) is 3.28. The summed E-state index contributed by atoms with van der Waals surface area (Å²) in [6.45, 7) is -0.0237. The minimum Gasteiger partial charge on any atom is -0.406 e. The van der Waals surface area contributed by atoms with Crippen LogP contribution in [0.15, 0.2) is 71.5 Å². The first-order valence-electron chi connectivity index (χ1n) is 9.39. The molecule has 2 aromatic heterocycles. The van der Waals surface area contributed by atoms with Gasteiger partial charge in [-0.25, -0.2) is 0 Å². The smallest absolute Gasteiger partial charge is 0.406 e. The lowest BCUT2D eigenvalue weighted by molar-refractivity contribution is -0.274. The minimum absolute atomic E-state index is 0.0237. The van der Waals surface area contributed by atoms with Gasteiger partial charge in [-0.05, 0) is 47.5 Å². The Bertz CT molecular complexity index is 1460. The fraction of sp³-hybridized carbons (Fsp3) is 0.0952. The van der Waals surface area contributed by atoms with Gasteiger partial charge >= 0.3 is 6.36 Å². The summed E-state index contributed by atoms with van der Waals surface area (Å²) in [6, 6.07) is 17.6. The third-order valence-corrected chi connectivity index (χ3v) is 4.73. The van der Waals surface area contributed by atoms with Crippen LogP contribution >= 0.6 is 0 Å². The van der Waals surface area contributed by atoms with Crippen molar-refractivity contribution in [3.8, 4) is 16.9 Å². The fourth-order valence-electron chi connectivity index (χ4n) is 3.28. The van der Waals surface area contributed by atoms with Crippen LogP contribution in [0.5, 0.6) is 5.75 Å². The number of aromatic nitrogens is 6. The number of hydrogen-bond acceptors (Lipinski definition) is 6. The van der Waals surface area contributed by atoms with E-state index in [4.69, 9.17) is 0 Å². The highest BCUT2D eigenvalue weighted by atomic mass is 19.4. The Morgan fingerprint density at radius 1 is 0.844 bits per heavy atom. The molecule has 0 spiro atoms. The predicted molar refractivity (Wildman–Crippen MR) is 109 cm³/mol. The van der Waals surface area contributed by atoms with E-state index in [2.05, 4.69) is 25.2 Å². The van der Waals surface area contributed by atoms with Crippen LogP contribution in [0.25, 0.3) is 33.1 Å². The Balaban J connectivity index is 1.48. The van der Waals surface area contributed by atoms with Crippen molar-refractivity contribution >= 4 is 21.9 Å². The molecule has 0 bridgehead atoms. The summed E-state index contributed by atoms with van der Waals surface area (Å²) in [5, 5.41) is 17.0. The first-order valence-corrected chi connectivity index (χ1v) is 9.39. The van der Waals surface area contributed by atoms with Crippen LogP contribution in [0.3, 0.4) is 0 Å². The first kappa shape index (κ1) is 19.7. The lowest BCUT2D eigenvalue weighted by Crippen LogP contribution is -2.28. The van der Waals surface area contributed by atoms with Gasteiger partial charge < -0.3 is 4.74 Å². The van der Waals surface area contributed by atoms with Crippen LogP contribution in [-0.2, 0) is 6.67 Å². The molecule has 0 atom stereocenters. The van der Waals surface area contributed by atoms with Crippen molar-refractivity contribution in [2.45, 2.75) is 13.0 Å². The number of ether oxygens (including phenoxy) is 1. The lowest BCUT2D eigenvalue weighted by Gasteiger charge is -2.10. The monoisotopic (exact) mass is 438 g/mol. The molecule has 3 aromatic carbocycles. The first-order chi connectivity index (χ1) is 15.4. The zero-order chi connectivity index (χ0) is 22.3. The van der Waals surface area contributed by atoms with Crippen molar-refractivity contribution in [1.82, 2.24) is 30.0 Å². The molecule has 0 aliphatic heterocycles. The van der Waals surface area contributed by atoms with E-state index in [1.807, 2.05) is 24.3 Å². The molecule has 0 amide bonds. The van der Waals surface area contributed by atoms with Gasteiger partial charge in [-0.3, -0.25) is 4.79 Å². The summed E-state index contributed by atoms with van der Waals surface area (Å²) in [5.41, 5.74) is 2.63. The standard InChI is InChI=1S/C21H13F3N6O2/c22-21(23,24)32-15-8-5-13(6-9-15)14-7-10-17-16(11-14)20(31)29(28-25-17)12-30-26-18-3-1-2-4-19(18)27-30/h1-11H,12H2. The molecule has 0 fully saturated rings. The second-order valence-electron chi connectivity index (χ2n) is 6.90. The van der Waals surface area contributed by atoms with Gasteiger partial charge in [0.2, 0.25) is 0 Å². The van der Waals surface area contributed by atoms with Crippen molar-refractivity contribution in [2.24, 2.45) is 0 Å². The van der Waals surface area contributed by atoms with Crippen LogP contribution in [0.2, 0.25) is 0 Å². The summed E-state index contributed by atoms with van der Waals surface area (Å²) < 4.78 is 42.1. The zero-order valence-corrected chi connectivity index (χ0v) is 16.2. The van der Waals surface area contributed by atoms with Gasteiger partial charge in [-0.2, -0.15) is 19.7 Å². The van der Waals surface area contributed by atoms with Crippen molar-refractivity contribution in [3.63, 3.8) is 0 Å². The van der Waals surface area contributed by atoms with Crippen LogP contribution in [-0.4, -0.2) is 36.4 Å². The molecule has 5 aromatic rings. The number of alkyl halides is 3. The molecule has 0 aliphatic rings. The minimum atomic E-state index is -4.76. The van der Waals surface area contributed by atoms with Gasteiger partial charge in [0, 0.05) is 0 Å². The van der Waals surface area contributed by atoms with Crippen LogP contribution in [0.1, 0.15) is 0 Å². The second kappa shape index (κ2) is 7.45. The molecule has 8 nitrogen and oxygen atoms in total. The van der Waals surface area contributed by atoms with Crippen LogP contribution in [0.4, 0.5) is 13.2 Å². The van der Waals surface area contributed by atoms with Gasteiger partial charge in [-0.1, -0.05) is 35.5 Å². The molecule has 32 heavy (non-hydrogen) atoms. The van der Waals surface area contributed by atoms with Gasteiger partial charge in [0.05, 0.1) is 5.39 Å². The molecule has 0 saturated heterocycles. The highest BCUT2D eigenvalue weighted by molar-refractivity contribution is 5.83. The second-order valence-corrected chi connectivity index (χ2v) is 6.90. The summed E-state index contributed by atoms with van der Waals surface area (Å²) in [7, 11) is 0. The maximum Gasteiger partial charge on any atom is 0.573 e. The van der Waals surface area contributed by atoms with Crippen molar-refractivity contribution in [1.29, 1.82) is 0 Å². The van der Waals surface area contributed by atoms with E-state index in [1.54, 1.807) is 18.2 Å². The van der Waals surface area contributed by atoms with Crippen LogP contribution < -0.4 is 10.3 Å². The summed E-state index contributed by atoms with van der Waals surface area (Å²) >= 11 is 0. The molecule has 0 radical (unpaired) electrons. The zero-order valence-electron chi connectivity index (χ0n) is 16.2. The van der Waals surface area contributed by atoms with Gasteiger partial charge in [-0.15, -0.1) is 18.3 Å². The van der Waals surface area contributed by atoms with Gasteiger partial charge in [0.1, 0.15) is 22.3 Å². The van der Waals surface area contributed by atoms with E-state index in [0.29, 0.717) is 33.1 Å². The Labute approximate surface area is 177 Å². The molecular formula is C21H13F3N6O2. The molecule has 0 N–H and O–H groups in total. The van der Waals surface area contributed by atoms with Crippen molar-refractivity contribution in [3.05, 3.63) is 77.1 Å². The van der Waals surface area contributed by atoms with E-state index in [1.165, 1.54) is 29.1 Å². The van der Waals surface area contributed by atoms with E-state index < -0.39 is 11.9 Å². The third kappa shape index (κ3) is 3.87. The quantitative estimate of drug-likeness (QED) is 0.426. The van der Waals surface area contributed by atoms with E-state index in [-0.39, 0.29) is 12.4 Å². The number of fused-ring (bicyclic) bond motifs is 2. The average molecular weight is 438 g/mol. The molecule has 2 heterocycles. The van der Waals surface area contributed by atoms with Gasteiger partial charge in [0.15, 0.2) is 6.67 Å². The van der Waals surface area contributed by atoms with Crippen molar-refractivity contribution in [2.75, 3.05) is 0 Å². The van der Waals surface area contributed by atoms with Gasteiger partial charge in [0.25, 0.3) is 5.56 Å². The maximum absolute atomic E-state index is 13.0. The Hall–Kier alpha value is -4.28. The Kier molecular flexibility index (Phi) is 4.58. The van der Waals surface area contributed by atoms with E-state index >= 15 is 0 Å². The van der Waals surface area contributed by atoms with E-state index in [9.17, 15) is 18.0 Å². The Morgan fingerprint density at radius 2 is 1.50 bits per heavy atom. The number of benzene rings is 3.